The minimum atomic E-state index is -1.09. The van der Waals surface area contributed by atoms with Gasteiger partial charge in [-0.3, -0.25) is 4.79 Å². The summed E-state index contributed by atoms with van der Waals surface area (Å²) in [4.78, 5) is 14.1. The summed E-state index contributed by atoms with van der Waals surface area (Å²) in [6, 6.07) is 11.8. The number of carbonyl (C=O) groups excluding carboxylic acids is 1. The van der Waals surface area contributed by atoms with Crippen molar-refractivity contribution >= 4 is 16.6 Å². The number of aliphatic hydroxyl groups is 1. The lowest BCUT2D eigenvalue weighted by Crippen LogP contribution is -2.45. The first-order chi connectivity index (χ1) is 11.4. The normalized spacial score (nSPS) is 24.5. The van der Waals surface area contributed by atoms with Crippen molar-refractivity contribution in [1.82, 2.24) is 4.90 Å². The van der Waals surface area contributed by atoms with Crippen LogP contribution in [0.4, 0.5) is 0 Å². The van der Waals surface area contributed by atoms with Crippen molar-refractivity contribution in [2.45, 2.75) is 24.9 Å². The van der Waals surface area contributed by atoms with Crippen LogP contribution in [0.3, 0.4) is 0 Å². The molecule has 4 nitrogen and oxygen atoms in total. The second kappa shape index (κ2) is 6.54. The lowest BCUT2D eigenvalue weighted by atomic mass is 9.70. The molecule has 0 spiro atoms. The summed E-state index contributed by atoms with van der Waals surface area (Å²) in [5.41, 5.74) is -0.256. The van der Waals surface area contributed by atoms with Crippen LogP contribution in [0.5, 0.6) is 5.75 Å². The summed E-state index contributed by atoms with van der Waals surface area (Å²) in [6.07, 6.45) is 1.49. The molecule has 0 unspecified atom stereocenters. The van der Waals surface area contributed by atoms with Crippen molar-refractivity contribution < 1.29 is 14.6 Å². The summed E-state index contributed by atoms with van der Waals surface area (Å²) < 4.78 is 5.26. The van der Waals surface area contributed by atoms with Gasteiger partial charge in [-0.15, -0.1) is 0 Å². The SMILES string of the molecule is COc1ccc2cc([C@]3(O)CC(=O)CC[C@H]3CN(C)C)ccc2c1. The molecule has 0 bridgehead atoms. The number of nitrogens with zero attached hydrogens (tertiary/aromatic N) is 1. The van der Waals surface area contributed by atoms with Crippen molar-refractivity contribution in [2.75, 3.05) is 27.7 Å². The molecule has 1 aliphatic carbocycles. The van der Waals surface area contributed by atoms with E-state index in [1.807, 2.05) is 50.5 Å². The number of hydrogen-bond donors (Lipinski definition) is 1. The van der Waals surface area contributed by atoms with Gasteiger partial charge >= 0.3 is 0 Å². The maximum atomic E-state index is 12.0. The Bertz CT molecular complexity index is 756. The Kier molecular flexibility index (Phi) is 4.61. The van der Waals surface area contributed by atoms with Crippen molar-refractivity contribution in [1.29, 1.82) is 0 Å². The van der Waals surface area contributed by atoms with Crippen molar-refractivity contribution in [3.05, 3.63) is 42.0 Å². The summed E-state index contributed by atoms with van der Waals surface area (Å²) in [5.74, 6) is 1.01. The highest BCUT2D eigenvalue weighted by molar-refractivity contribution is 5.85. The van der Waals surface area contributed by atoms with Gasteiger partial charge in [0.1, 0.15) is 17.1 Å². The first-order valence-corrected chi connectivity index (χ1v) is 8.39. The lowest BCUT2D eigenvalue weighted by molar-refractivity contribution is -0.135. The highest BCUT2D eigenvalue weighted by atomic mass is 16.5. The van der Waals surface area contributed by atoms with Gasteiger partial charge in [-0.1, -0.05) is 18.2 Å². The second-order valence-electron chi connectivity index (χ2n) is 7.07. The molecule has 0 aromatic heterocycles. The van der Waals surface area contributed by atoms with Gasteiger partial charge in [0.2, 0.25) is 0 Å². The predicted molar refractivity (Wildman–Crippen MR) is 95.3 cm³/mol. The molecule has 1 saturated carbocycles. The first-order valence-electron chi connectivity index (χ1n) is 8.39. The van der Waals surface area contributed by atoms with E-state index in [0.717, 1.165) is 35.1 Å². The molecule has 2 aromatic rings. The van der Waals surface area contributed by atoms with Crippen LogP contribution < -0.4 is 4.74 Å². The van der Waals surface area contributed by atoms with Crippen LogP contribution in [-0.2, 0) is 10.4 Å². The first kappa shape index (κ1) is 16.9. The summed E-state index contributed by atoms with van der Waals surface area (Å²) in [5, 5.41) is 13.5. The van der Waals surface area contributed by atoms with E-state index in [0.29, 0.717) is 6.42 Å². The van der Waals surface area contributed by atoms with Crippen LogP contribution in [0.25, 0.3) is 10.8 Å². The molecular weight excluding hydrogens is 302 g/mol. The monoisotopic (exact) mass is 327 g/mol. The molecule has 0 heterocycles. The molecule has 2 atom stereocenters. The van der Waals surface area contributed by atoms with E-state index in [1.165, 1.54) is 0 Å². The zero-order valence-electron chi connectivity index (χ0n) is 14.6. The van der Waals surface area contributed by atoms with Gasteiger partial charge in [-0.25, -0.2) is 0 Å². The van der Waals surface area contributed by atoms with E-state index < -0.39 is 5.60 Å². The van der Waals surface area contributed by atoms with E-state index in [4.69, 9.17) is 4.74 Å². The lowest BCUT2D eigenvalue weighted by Gasteiger charge is -2.41. The van der Waals surface area contributed by atoms with Gasteiger partial charge in [0, 0.05) is 25.3 Å². The topological polar surface area (TPSA) is 49.8 Å². The molecule has 0 radical (unpaired) electrons. The van der Waals surface area contributed by atoms with Gasteiger partial charge in [-0.2, -0.15) is 0 Å². The predicted octanol–water partition coefficient (Wildman–Crippen LogP) is 2.97. The summed E-state index contributed by atoms with van der Waals surface area (Å²) in [6.45, 7) is 0.768. The van der Waals surface area contributed by atoms with E-state index in [-0.39, 0.29) is 18.1 Å². The molecule has 24 heavy (non-hydrogen) atoms. The third-order valence-electron chi connectivity index (χ3n) is 5.05. The molecule has 128 valence electrons. The van der Waals surface area contributed by atoms with Crippen molar-refractivity contribution in [2.24, 2.45) is 5.92 Å². The number of benzene rings is 2. The Morgan fingerprint density at radius 3 is 2.62 bits per heavy atom. The molecule has 0 saturated heterocycles. The third-order valence-corrected chi connectivity index (χ3v) is 5.05. The maximum absolute atomic E-state index is 12.0. The molecule has 1 fully saturated rings. The van der Waals surface area contributed by atoms with E-state index in [1.54, 1.807) is 7.11 Å². The molecule has 4 heteroatoms. The fourth-order valence-electron chi connectivity index (χ4n) is 3.75. The van der Waals surface area contributed by atoms with Crippen LogP contribution in [0, 0.1) is 5.92 Å². The van der Waals surface area contributed by atoms with Crippen LogP contribution in [-0.4, -0.2) is 43.5 Å². The average Bonchev–Trinajstić information content (AvgIpc) is 2.56. The largest absolute Gasteiger partial charge is 0.497 e. The van der Waals surface area contributed by atoms with Crippen LogP contribution in [0.2, 0.25) is 0 Å². The van der Waals surface area contributed by atoms with Gasteiger partial charge in [0.15, 0.2) is 0 Å². The van der Waals surface area contributed by atoms with E-state index in [2.05, 4.69) is 4.90 Å². The fourth-order valence-corrected chi connectivity index (χ4v) is 3.75. The van der Waals surface area contributed by atoms with Gasteiger partial charge in [0.25, 0.3) is 0 Å². The highest BCUT2D eigenvalue weighted by Gasteiger charge is 2.43. The zero-order valence-corrected chi connectivity index (χ0v) is 14.6. The Labute approximate surface area is 143 Å². The number of ether oxygens (including phenoxy) is 1. The fraction of sp³-hybridized carbons (Fsp3) is 0.450. The Balaban J connectivity index is 2.02. The molecule has 3 rings (SSSR count). The Hall–Kier alpha value is -1.91. The number of ketones is 1. The molecule has 2 aromatic carbocycles. The molecule has 0 aliphatic heterocycles. The zero-order chi connectivity index (χ0) is 17.3. The second-order valence-corrected chi connectivity index (χ2v) is 7.07. The van der Waals surface area contributed by atoms with E-state index in [9.17, 15) is 9.90 Å². The highest BCUT2D eigenvalue weighted by Crippen LogP contribution is 2.41. The number of rotatable bonds is 4. The van der Waals surface area contributed by atoms with Gasteiger partial charge < -0.3 is 14.7 Å². The summed E-state index contributed by atoms with van der Waals surface area (Å²) >= 11 is 0. The minimum absolute atomic E-state index is 0.0564. The number of hydrogen-bond acceptors (Lipinski definition) is 4. The third kappa shape index (κ3) is 3.17. The molecule has 1 aliphatic rings. The quantitative estimate of drug-likeness (QED) is 0.938. The minimum Gasteiger partial charge on any atom is -0.497 e. The van der Waals surface area contributed by atoms with Crippen molar-refractivity contribution in [3.8, 4) is 5.75 Å². The number of Topliss-reactive ketones (excluding diaryl/α,β-unsaturated/α-hetero) is 1. The Morgan fingerprint density at radius 1 is 1.21 bits per heavy atom. The number of methoxy groups -OCH3 is 1. The summed E-state index contributed by atoms with van der Waals surface area (Å²) in [7, 11) is 5.66. The van der Waals surface area contributed by atoms with Crippen molar-refractivity contribution in [3.63, 3.8) is 0 Å². The van der Waals surface area contributed by atoms with E-state index >= 15 is 0 Å². The van der Waals surface area contributed by atoms with Gasteiger partial charge in [0.05, 0.1) is 7.11 Å². The molecular formula is C20H25NO3. The van der Waals surface area contributed by atoms with Crippen LogP contribution in [0.1, 0.15) is 24.8 Å². The maximum Gasteiger partial charge on any atom is 0.136 e. The standard InChI is InChI=1S/C20H25NO3/c1-21(2)13-17-7-8-18(22)12-20(17,23)16-6-4-15-11-19(24-3)9-5-14(15)10-16/h4-6,9-11,17,23H,7-8,12-13H2,1-3H3/t17-,20+/m0/s1. The average molecular weight is 327 g/mol. The molecule has 1 N–H and O–H groups in total. The molecule has 0 amide bonds. The van der Waals surface area contributed by atoms with Gasteiger partial charge in [-0.05, 0) is 55.1 Å². The smallest absolute Gasteiger partial charge is 0.136 e. The Morgan fingerprint density at radius 2 is 1.92 bits per heavy atom. The number of fused-ring (bicyclic) bond motifs is 1. The van der Waals surface area contributed by atoms with Crippen LogP contribution >= 0.6 is 0 Å². The number of carbonyl (C=O) groups is 1. The van der Waals surface area contributed by atoms with Crippen LogP contribution in [0.15, 0.2) is 36.4 Å².